The van der Waals surface area contributed by atoms with Crippen molar-refractivity contribution in [1.82, 2.24) is 20.0 Å². The van der Waals surface area contributed by atoms with Crippen molar-refractivity contribution in [2.24, 2.45) is 5.92 Å². The number of hydrogen-bond acceptors (Lipinski definition) is 6. The van der Waals surface area contributed by atoms with E-state index in [1.54, 1.807) is 17.0 Å². The summed E-state index contributed by atoms with van der Waals surface area (Å²) in [6.45, 7) is 11.1. The van der Waals surface area contributed by atoms with E-state index >= 15 is 0 Å². The van der Waals surface area contributed by atoms with Gasteiger partial charge < -0.3 is 15.1 Å². The summed E-state index contributed by atoms with van der Waals surface area (Å²) >= 11 is 0. The molecule has 2 heterocycles. The molecular formula is C29H39N5O4. The van der Waals surface area contributed by atoms with Crippen molar-refractivity contribution in [2.45, 2.75) is 52.2 Å². The first-order valence-electron chi connectivity index (χ1n) is 13.6. The second-order valence-electron chi connectivity index (χ2n) is 10.9. The van der Waals surface area contributed by atoms with Gasteiger partial charge in [0.25, 0.3) is 11.6 Å². The van der Waals surface area contributed by atoms with Gasteiger partial charge in [0, 0.05) is 63.0 Å². The van der Waals surface area contributed by atoms with Crippen LogP contribution in [-0.4, -0.2) is 82.8 Å². The molecular weight excluding hydrogens is 482 g/mol. The van der Waals surface area contributed by atoms with Crippen molar-refractivity contribution >= 4 is 17.5 Å². The Morgan fingerprint density at radius 3 is 2.45 bits per heavy atom. The van der Waals surface area contributed by atoms with Crippen LogP contribution in [0.1, 0.15) is 48.2 Å². The third kappa shape index (κ3) is 6.76. The number of nitrogens with zero attached hydrogens (tertiary/aromatic N) is 4. The van der Waals surface area contributed by atoms with Gasteiger partial charge in [-0.15, -0.1) is 0 Å². The largest absolute Gasteiger partial charge is 0.340 e. The van der Waals surface area contributed by atoms with Crippen molar-refractivity contribution < 1.29 is 14.5 Å². The second kappa shape index (κ2) is 12.5. The molecule has 0 aromatic heterocycles. The third-order valence-electron chi connectivity index (χ3n) is 7.42. The van der Waals surface area contributed by atoms with E-state index in [1.165, 1.54) is 12.1 Å². The van der Waals surface area contributed by atoms with Crippen LogP contribution in [-0.2, 0) is 11.3 Å². The van der Waals surface area contributed by atoms with Crippen LogP contribution in [0.25, 0.3) is 0 Å². The third-order valence-corrected chi connectivity index (χ3v) is 7.42. The molecule has 2 aromatic rings. The molecule has 0 aliphatic carbocycles. The number of benzene rings is 2. The lowest BCUT2D eigenvalue weighted by Crippen LogP contribution is -2.48. The molecule has 2 aliphatic rings. The normalized spacial score (nSPS) is 20.1. The molecule has 2 unspecified atom stereocenters. The summed E-state index contributed by atoms with van der Waals surface area (Å²) in [6.07, 6.45) is 1.47. The Bertz CT molecular complexity index is 1110. The van der Waals surface area contributed by atoms with Gasteiger partial charge in [-0.2, -0.15) is 0 Å². The quantitative estimate of drug-likeness (QED) is 0.422. The molecule has 2 aromatic carbocycles. The molecule has 9 heteroatoms. The van der Waals surface area contributed by atoms with Crippen molar-refractivity contribution in [3.63, 3.8) is 0 Å². The highest BCUT2D eigenvalue weighted by Gasteiger charge is 2.43. The van der Waals surface area contributed by atoms with Crippen LogP contribution in [0.3, 0.4) is 0 Å². The van der Waals surface area contributed by atoms with Crippen LogP contribution in [0.2, 0.25) is 0 Å². The van der Waals surface area contributed by atoms with E-state index in [4.69, 9.17) is 0 Å². The first-order chi connectivity index (χ1) is 18.2. The summed E-state index contributed by atoms with van der Waals surface area (Å²) in [5.74, 6) is 0.288. The summed E-state index contributed by atoms with van der Waals surface area (Å²) in [4.78, 5) is 44.3. The van der Waals surface area contributed by atoms with E-state index in [2.05, 4.69) is 24.1 Å². The van der Waals surface area contributed by atoms with Gasteiger partial charge in [0.15, 0.2) is 0 Å². The highest BCUT2D eigenvalue weighted by atomic mass is 16.6. The molecule has 9 nitrogen and oxygen atoms in total. The smallest absolute Gasteiger partial charge is 0.269 e. The zero-order valence-electron chi connectivity index (χ0n) is 22.6. The summed E-state index contributed by atoms with van der Waals surface area (Å²) in [5, 5.41) is 14.4. The van der Waals surface area contributed by atoms with Crippen molar-refractivity contribution in [2.75, 3.05) is 39.3 Å². The highest BCUT2D eigenvalue weighted by molar-refractivity contribution is 5.98. The van der Waals surface area contributed by atoms with E-state index in [0.29, 0.717) is 44.1 Å². The maximum Gasteiger partial charge on any atom is 0.269 e. The first kappa shape index (κ1) is 27.7. The van der Waals surface area contributed by atoms with Crippen LogP contribution < -0.4 is 5.32 Å². The molecule has 0 spiro atoms. The van der Waals surface area contributed by atoms with Gasteiger partial charge in [-0.25, -0.2) is 0 Å². The van der Waals surface area contributed by atoms with Crippen LogP contribution in [0.15, 0.2) is 48.5 Å². The number of non-ortho nitro benzene ring substituents is 1. The number of amides is 2. The summed E-state index contributed by atoms with van der Waals surface area (Å²) in [6, 6.07) is 13.7. The topological polar surface area (TPSA) is 99.0 Å². The van der Waals surface area contributed by atoms with Crippen LogP contribution in [0.4, 0.5) is 5.69 Å². The van der Waals surface area contributed by atoms with Gasteiger partial charge in [0.1, 0.15) is 6.04 Å². The zero-order valence-corrected chi connectivity index (χ0v) is 22.6. The average Bonchev–Trinajstić information content (AvgIpc) is 3.16. The molecule has 2 aliphatic heterocycles. The lowest BCUT2D eigenvalue weighted by molar-refractivity contribution is -0.384. The lowest BCUT2D eigenvalue weighted by atomic mass is 10.1. The van der Waals surface area contributed by atoms with Gasteiger partial charge in [-0.3, -0.25) is 24.6 Å². The Hall–Kier alpha value is -3.30. The Kier molecular flexibility index (Phi) is 9.12. The van der Waals surface area contributed by atoms with E-state index in [0.717, 1.165) is 37.2 Å². The van der Waals surface area contributed by atoms with Gasteiger partial charge in [-0.1, -0.05) is 43.7 Å². The summed E-state index contributed by atoms with van der Waals surface area (Å²) < 4.78 is 0. The SMILES string of the molecule is Cc1ccc(C(=O)N2CC(N(Cc3ccc([N+](=O)[O-])cc3)CC(C)C)CC2C(=O)N2CCCNCC2)cc1. The lowest BCUT2D eigenvalue weighted by Gasteiger charge is -2.30. The number of hydrogen-bond donors (Lipinski definition) is 1. The Morgan fingerprint density at radius 2 is 1.79 bits per heavy atom. The van der Waals surface area contributed by atoms with Crippen LogP contribution >= 0.6 is 0 Å². The van der Waals surface area contributed by atoms with E-state index < -0.39 is 11.0 Å². The molecule has 2 saturated heterocycles. The Morgan fingerprint density at radius 1 is 1.08 bits per heavy atom. The zero-order chi connectivity index (χ0) is 27.2. The van der Waals surface area contributed by atoms with Crippen molar-refractivity contribution in [1.29, 1.82) is 0 Å². The first-order valence-corrected chi connectivity index (χ1v) is 13.6. The molecule has 0 bridgehead atoms. The van der Waals surface area contributed by atoms with Gasteiger partial charge in [-0.05, 0) is 49.9 Å². The van der Waals surface area contributed by atoms with Crippen molar-refractivity contribution in [3.8, 4) is 0 Å². The number of carbonyl (C=O) groups is 2. The number of rotatable bonds is 8. The van der Waals surface area contributed by atoms with E-state index in [1.807, 2.05) is 36.1 Å². The molecule has 0 saturated carbocycles. The van der Waals surface area contributed by atoms with Crippen LogP contribution in [0.5, 0.6) is 0 Å². The van der Waals surface area contributed by atoms with E-state index in [-0.39, 0.29) is 23.5 Å². The minimum absolute atomic E-state index is 0.000966. The number of nitrogens with one attached hydrogen (secondary N) is 1. The predicted molar refractivity (Wildman–Crippen MR) is 147 cm³/mol. The van der Waals surface area contributed by atoms with Crippen molar-refractivity contribution in [3.05, 3.63) is 75.3 Å². The van der Waals surface area contributed by atoms with E-state index in [9.17, 15) is 19.7 Å². The molecule has 0 radical (unpaired) electrons. The number of nitro groups is 1. The standard InChI is InChI=1S/C29H39N5O4/c1-21(2)18-32(19-23-7-11-25(12-8-23)34(37)38)26-17-27(29(36)31-15-4-13-30-14-16-31)33(20-26)28(35)24-9-5-22(3)6-10-24/h5-12,21,26-27,30H,4,13-20H2,1-3H3. The summed E-state index contributed by atoms with van der Waals surface area (Å²) in [7, 11) is 0. The fourth-order valence-electron chi connectivity index (χ4n) is 5.45. The number of nitro benzene ring substituents is 1. The van der Waals surface area contributed by atoms with Gasteiger partial charge in [0.2, 0.25) is 5.91 Å². The summed E-state index contributed by atoms with van der Waals surface area (Å²) in [5.41, 5.74) is 2.72. The molecule has 38 heavy (non-hydrogen) atoms. The molecule has 2 amide bonds. The maximum absolute atomic E-state index is 13.8. The molecule has 2 atom stereocenters. The fourth-order valence-corrected chi connectivity index (χ4v) is 5.45. The average molecular weight is 522 g/mol. The Balaban J connectivity index is 1.60. The monoisotopic (exact) mass is 521 g/mol. The Labute approximate surface area is 224 Å². The minimum atomic E-state index is -0.515. The van der Waals surface area contributed by atoms with Crippen LogP contribution in [0, 0.1) is 23.0 Å². The number of carbonyl (C=O) groups excluding carboxylic acids is 2. The molecule has 2 fully saturated rings. The molecule has 4 rings (SSSR count). The van der Waals surface area contributed by atoms with Gasteiger partial charge in [0.05, 0.1) is 4.92 Å². The second-order valence-corrected chi connectivity index (χ2v) is 10.9. The predicted octanol–water partition coefficient (Wildman–Crippen LogP) is 3.47. The molecule has 1 N–H and O–H groups in total. The fraction of sp³-hybridized carbons (Fsp3) is 0.517. The minimum Gasteiger partial charge on any atom is -0.340 e. The number of likely N-dealkylation sites (tertiary alicyclic amines) is 1. The highest BCUT2D eigenvalue weighted by Crippen LogP contribution is 2.28. The van der Waals surface area contributed by atoms with Gasteiger partial charge >= 0.3 is 0 Å². The number of aryl methyl sites for hydroxylation is 1. The molecule has 204 valence electrons. The maximum atomic E-state index is 13.8.